The van der Waals surface area contributed by atoms with Gasteiger partial charge in [-0.3, -0.25) is 9.69 Å². The van der Waals surface area contributed by atoms with Gasteiger partial charge in [-0.2, -0.15) is 0 Å². The average molecular weight is 187 g/mol. The van der Waals surface area contributed by atoms with E-state index in [-0.39, 0.29) is 25.9 Å². The zero-order chi connectivity index (χ0) is 9.72. The van der Waals surface area contributed by atoms with Crippen LogP contribution >= 0.6 is 0 Å². The Kier molecular flexibility index (Phi) is 6.99. The number of carbonyl (C=O) groups is 2. The first-order chi connectivity index (χ1) is 5.54. The second-order valence-electron chi connectivity index (χ2n) is 2.67. The standard InChI is InChI=1S/C5H8N2O2.C3H7.CH4/c1-6-3-4(8)7(2)5(6)9;1-3-2;/h3H2,1-2H3;3H,1-2H3;1H4/q;+1;. The molecule has 1 fully saturated rings. The molecule has 76 valence electrons. The number of carbonyl (C=O) groups excluding carboxylic acids is 2. The van der Waals surface area contributed by atoms with Crippen molar-refractivity contribution in [1.29, 1.82) is 0 Å². The monoisotopic (exact) mass is 187 g/mol. The summed E-state index contributed by atoms with van der Waals surface area (Å²) in [6.45, 7) is 4.22. The molecule has 0 N–H and O–H groups in total. The fourth-order valence-corrected chi connectivity index (χ4v) is 0.739. The molecular weight excluding hydrogens is 168 g/mol. The lowest BCUT2D eigenvalue weighted by Crippen LogP contribution is -2.27. The molecule has 3 amide bonds. The highest BCUT2D eigenvalue weighted by Gasteiger charge is 2.29. The first-order valence-corrected chi connectivity index (χ1v) is 3.80. The van der Waals surface area contributed by atoms with Gasteiger partial charge in [0.25, 0.3) is 0 Å². The van der Waals surface area contributed by atoms with Gasteiger partial charge in [0.15, 0.2) is 0 Å². The SMILES string of the molecule is C.CN1CC(=O)N(C)C1=O.C[CH+]C. The lowest BCUT2D eigenvalue weighted by Gasteiger charge is -2.05. The summed E-state index contributed by atoms with van der Waals surface area (Å²) >= 11 is 0. The highest BCUT2D eigenvalue weighted by molar-refractivity contribution is 6.01. The van der Waals surface area contributed by atoms with E-state index in [1.807, 2.05) is 20.3 Å². The maximum absolute atomic E-state index is 10.7. The van der Waals surface area contributed by atoms with Crippen molar-refractivity contribution in [3.05, 3.63) is 6.42 Å². The van der Waals surface area contributed by atoms with Crippen LogP contribution < -0.4 is 0 Å². The second kappa shape index (κ2) is 6.34. The summed E-state index contributed by atoms with van der Waals surface area (Å²) in [5.41, 5.74) is 0. The van der Waals surface area contributed by atoms with Crippen LogP contribution in [-0.4, -0.2) is 42.4 Å². The summed E-state index contributed by atoms with van der Waals surface area (Å²) in [5.74, 6) is -0.137. The van der Waals surface area contributed by atoms with Crippen molar-refractivity contribution < 1.29 is 9.59 Å². The molecule has 1 heterocycles. The predicted molar refractivity (Wildman–Crippen MR) is 53.2 cm³/mol. The van der Waals surface area contributed by atoms with Gasteiger partial charge in [-0.25, -0.2) is 4.79 Å². The molecule has 0 bridgehead atoms. The van der Waals surface area contributed by atoms with Crippen molar-refractivity contribution in [1.82, 2.24) is 9.80 Å². The molecule has 1 aliphatic heterocycles. The normalized spacial score (nSPS) is 14.8. The third-order valence-electron chi connectivity index (χ3n) is 1.36. The number of hydrogen-bond donors (Lipinski definition) is 0. The minimum Gasteiger partial charge on any atom is -0.318 e. The van der Waals surface area contributed by atoms with E-state index in [0.717, 1.165) is 4.90 Å². The van der Waals surface area contributed by atoms with E-state index in [9.17, 15) is 9.59 Å². The van der Waals surface area contributed by atoms with Crippen LogP contribution in [0.3, 0.4) is 0 Å². The second-order valence-corrected chi connectivity index (χ2v) is 2.67. The van der Waals surface area contributed by atoms with Crippen molar-refractivity contribution in [2.24, 2.45) is 0 Å². The Morgan fingerprint density at radius 1 is 1.23 bits per heavy atom. The number of hydrogen-bond acceptors (Lipinski definition) is 2. The number of imide groups is 1. The van der Waals surface area contributed by atoms with Gasteiger partial charge in [0.05, 0.1) is 20.3 Å². The summed E-state index contributed by atoms with van der Waals surface area (Å²) < 4.78 is 0. The fourth-order valence-electron chi connectivity index (χ4n) is 0.739. The molecule has 0 aromatic carbocycles. The van der Waals surface area contributed by atoms with Crippen molar-refractivity contribution in [2.75, 3.05) is 20.6 Å². The van der Waals surface area contributed by atoms with Gasteiger partial charge in [-0.05, 0) is 0 Å². The van der Waals surface area contributed by atoms with Crippen LogP contribution in [0.2, 0.25) is 0 Å². The van der Waals surface area contributed by atoms with Gasteiger partial charge in [0.2, 0.25) is 5.91 Å². The predicted octanol–water partition coefficient (Wildman–Crippen LogP) is 1.38. The zero-order valence-corrected chi connectivity index (χ0v) is 8.00. The number of rotatable bonds is 0. The smallest absolute Gasteiger partial charge is 0.318 e. The maximum atomic E-state index is 10.7. The Morgan fingerprint density at radius 3 is 1.69 bits per heavy atom. The average Bonchev–Trinajstić information content (AvgIpc) is 2.20. The van der Waals surface area contributed by atoms with Gasteiger partial charge in [-0.15, -0.1) is 0 Å². The van der Waals surface area contributed by atoms with Gasteiger partial charge in [-0.1, -0.05) is 7.43 Å². The molecule has 0 atom stereocenters. The Morgan fingerprint density at radius 2 is 1.62 bits per heavy atom. The van der Waals surface area contributed by atoms with E-state index in [1.54, 1.807) is 7.05 Å². The molecule has 0 saturated carbocycles. The van der Waals surface area contributed by atoms with E-state index < -0.39 is 0 Å². The third kappa shape index (κ3) is 3.83. The van der Waals surface area contributed by atoms with Crippen LogP contribution in [0.15, 0.2) is 0 Å². The van der Waals surface area contributed by atoms with Crippen LogP contribution in [0, 0.1) is 6.42 Å². The van der Waals surface area contributed by atoms with Crippen LogP contribution in [0.5, 0.6) is 0 Å². The molecule has 0 unspecified atom stereocenters. The first kappa shape index (κ1) is 14.3. The molecule has 0 aromatic heterocycles. The van der Waals surface area contributed by atoms with Gasteiger partial charge in [0.1, 0.15) is 6.54 Å². The number of likely N-dealkylation sites (N-methyl/N-ethyl adjacent to an activating group) is 2. The Hall–Kier alpha value is -1.19. The Labute approximate surface area is 80.5 Å². The molecule has 1 saturated heterocycles. The van der Waals surface area contributed by atoms with Crippen molar-refractivity contribution >= 4 is 11.9 Å². The van der Waals surface area contributed by atoms with E-state index in [1.165, 1.54) is 11.9 Å². The largest absolute Gasteiger partial charge is 0.326 e. The topological polar surface area (TPSA) is 40.6 Å². The highest BCUT2D eigenvalue weighted by atomic mass is 16.2. The minimum atomic E-state index is -0.222. The summed E-state index contributed by atoms with van der Waals surface area (Å²) in [5, 5.41) is 0. The molecule has 4 nitrogen and oxygen atoms in total. The fraction of sp³-hybridized carbons (Fsp3) is 0.667. The molecular formula is C9H19N2O2+. The molecule has 1 aliphatic rings. The molecule has 1 rings (SSSR count). The van der Waals surface area contributed by atoms with E-state index in [4.69, 9.17) is 0 Å². The molecule has 0 radical (unpaired) electrons. The lowest BCUT2D eigenvalue weighted by atomic mass is 10.6. The van der Waals surface area contributed by atoms with Crippen molar-refractivity contribution in [3.63, 3.8) is 0 Å². The first-order valence-electron chi connectivity index (χ1n) is 3.80. The summed E-state index contributed by atoms with van der Waals surface area (Å²) in [4.78, 5) is 23.9. The Balaban J connectivity index is 0. The molecule has 0 aliphatic carbocycles. The quantitative estimate of drug-likeness (QED) is 0.424. The van der Waals surface area contributed by atoms with E-state index >= 15 is 0 Å². The van der Waals surface area contributed by atoms with Crippen LogP contribution in [0.4, 0.5) is 4.79 Å². The number of nitrogens with zero attached hydrogens (tertiary/aromatic N) is 2. The molecule has 0 spiro atoms. The Bertz CT molecular complexity index is 180. The van der Waals surface area contributed by atoms with Crippen molar-refractivity contribution in [3.8, 4) is 0 Å². The van der Waals surface area contributed by atoms with Gasteiger partial charge < -0.3 is 4.90 Å². The van der Waals surface area contributed by atoms with Crippen LogP contribution in [-0.2, 0) is 4.79 Å². The molecule has 4 heteroatoms. The van der Waals surface area contributed by atoms with E-state index in [2.05, 4.69) is 0 Å². The van der Waals surface area contributed by atoms with Gasteiger partial charge in [0, 0.05) is 14.1 Å². The lowest BCUT2D eigenvalue weighted by molar-refractivity contribution is -0.124. The van der Waals surface area contributed by atoms with Crippen molar-refractivity contribution in [2.45, 2.75) is 21.3 Å². The third-order valence-corrected chi connectivity index (χ3v) is 1.36. The number of amides is 3. The summed E-state index contributed by atoms with van der Waals surface area (Å²) in [6.07, 6.45) is 2.00. The zero-order valence-electron chi connectivity index (χ0n) is 8.00. The van der Waals surface area contributed by atoms with Crippen LogP contribution in [0.1, 0.15) is 21.3 Å². The maximum Gasteiger partial charge on any atom is 0.326 e. The number of urea groups is 1. The minimum absolute atomic E-state index is 0. The molecule has 13 heavy (non-hydrogen) atoms. The highest BCUT2D eigenvalue weighted by Crippen LogP contribution is 2.02. The van der Waals surface area contributed by atoms with E-state index in [0.29, 0.717) is 0 Å². The summed E-state index contributed by atoms with van der Waals surface area (Å²) in [6, 6.07) is -0.222. The van der Waals surface area contributed by atoms with Gasteiger partial charge >= 0.3 is 6.03 Å². The summed E-state index contributed by atoms with van der Waals surface area (Å²) in [7, 11) is 3.08. The van der Waals surface area contributed by atoms with Crippen LogP contribution in [0.25, 0.3) is 0 Å². The molecule has 0 aromatic rings.